The minimum Gasteiger partial charge on any atom is -0.118 e. The van der Waals surface area contributed by atoms with E-state index in [1.165, 1.54) is 71.9 Å². The highest BCUT2D eigenvalue weighted by atomic mass is 35.5. The fourth-order valence-electron chi connectivity index (χ4n) is 3.25. The minimum absolute atomic E-state index is 0.175. The van der Waals surface area contributed by atoms with Crippen LogP contribution >= 0.6 is 11.6 Å². The second-order valence-corrected chi connectivity index (χ2v) is 7.09. The van der Waals surface area contributed by atoms with Crippen LogP contribution < -0.4 is 0 Å². The molecule has 120 valence electrons. The van der Waals surface area contributed by atoms with E-state index in [-0.39, 0.29) is 5.38 Å². The first-order chi connectivity index (χ1) is 9.91. The van der Waals surface area contributed by atoms with E-state index in [1.807, 2.05) is 0 Å². The highest BCUT2D eigenvalue weighted by Gasteiger charge is 2.18. The van der Waals surface area contributed by atoms with E-state index in [0.717, 1.165) is 6.42 Å². The van der Waals surface area contributed by atoms with Gasteiger partial charge in [0.25, 0.3) is 0 Å². The van der Waals surface area contributed by atoms with Gasteiger partial charge < -0.3 is 0 Å². The van der Waals surface area contributed by atoms with Crippen LogP contribution in [0, 0.1) is 34.6 Å². The van der Waals surface area contributed by atoms with Crippen molar-refractivity contribution in [3.05, 3.63) is 33.4 Å². The fourth-order valence-corrected chi connectivity index (χ4v) is 3.73. The number of unbranched alkanes of at least 4 members (excludes halogenated alkanes) is 5. The van der Waals surface area contributed by atoms with Crippen LogP contribution in [0.3, 0.4) is 0 Å². The highest BCUT2D eigenvalue weighted by molar-refractivity contribution is 6.21. The second-order valence-electron chi connectivity index (χ2n) is 6.56. The predicted molar refractivity (Wildman–Crippen MR) is 96.7 cm³/mol. The quantitative estimate of drug-likeness (QED) is 0.350. The summed E-state index contributed by atoms with van der Waals surface area (Å²) in [5, 5.41) is 0.175. The molecule has 0 radical (unpaired) electrons. The third-order valence-electron chi connectivity index (χ3n) is 5.18. The Labute approximate surface area is 137 Å². The number of halogens is 1. The third kappa shape index (κ3) is 4.74. The van der Waals surface area contributed by atoms with Crippen molar-refractivity contribution < 1.29 is 0 Å². The van der Waals surface area contributed by atoms with Crippen LogP contribution in [0.15, 0.2) is 0 Å². The lowest BCUT2D eigenvalue weighted by Gasteiger charge is -2.22. The average Bonchev–Trinajstić information content (AvgIpc) is 2.47. The van der Waals surface area contributed by atoms with Crippen LogP contribution in [0.25, 0.3) is 0 Å². The Hall–Kier alpha value is -0.490. The van der Waals surface area contributed by atoms with Gasteiger partial charge in [0.15, 0.2) is 0 Å². The molecule has 0 saturated heterocycles. The van der Waals surface area contributed by atoms with Gasteiger partial charge in [0, 0.05) is 0 Å². The van der Waals surface area contributed by atoms with Gasteiger partial charge in [-0.15, -0.1) is 11.6 Å². The lowest BCUT2D eigenvalue weighted by Crippen LogP contribution is -2.05. The first kappa shape index (κ1) is 18.6. The monoisotopic (exact) mass is 308 g/mol. The van der Waals surface area contributed by atoms with E-state index in [1.54, 1.807) is 0 Å². The molecule has 0 aromatic heterocycles. The highest BCUT2D eigenvalue weighted by Crippen LogP contribution is 2.36. The predicted octanol–water partition coefficient (Wildman–Crippen LogP) is 7.26. The van der Waals surface area contributed by atoms with Crippen molar-refractivity contribution in [1.29, 1.82) is 0 Å². The minimum atomic E-state index is 0.175. The van der Waals surface area contributed by atoms with E-state index in [0.29, 0.717) is 0 Å². The van der Waals surface area contributed by atoms with Crippen LogP contribution in [0.1, 0.15) is 90.6 Å². The standard InChI is InChI=1S/C20H33Cl/c1-7-8-9-10-11-12-13-19(21)20-17(5)15(3)14(2)16(4)18(20)6/h19H,7-13H2,1-6H3. The molecule has 1 aromatic rings. The van der Waals surface area contributed by atoms with E-state index >= 15 is 0 Å². The Morgan fingerprint density at radius 2 is 1.10 bits per heavy atom. The molecule has 0 spiro atoms. The molecular formula is C20H33Cl. The third-order valence-corrected chi connectivity index (χ3v) is 5.62. The Bertz CT molecular complexity index is 430. The summed E-state index contributed by atoms with van der Waals surface area (Å²) in [6, 6.07) is 0. The van der Waals surface area contributed by atoms with Crippen LogP contribution in [0.2, 0.25) is 0 Å². The molecule has 0 fully saturated rings. The largest absolute Gasteiger partial charge is 0.118 e. The average molecular weight is 309 g/mol. The summed E-state index contributed by atoms with van der Waals surface area (Å²) in [5.74, 6) is 0. The maximum absolute atomic E-state index is 6.75. The molecule has 0 nitrogen and oxygen atoms in total. The molecule has 0 aliphatic heterocycles. The first-order valence-electron chi connectivity index (χ1n) is 8.62. The summed E-state index contributed by atoms with van der Waals surface area (Å²) >= 11 is 6.75. The Balaban J connectivity index is 2.68. The molecule has 0 saturated carbocycles. The molecule has 0 bridgehead atoms. The molecular weight excluding hydrogens is 276 g/mol. The zero-order chi connectivity index (χ0) is 16.0. The lowest BCUT2D eigenvalue weighted by atomic mass is 9.87. The second kappa shape index (κ2) is 8.83. The van der Waals surface area contributed by atoms with E-state index in [2.05, 4.69) is 41.5 Å². The van der Waals surface area contributed by atoms with Crippen LogP contribution in [0.4, 0.5) is 0 Å². The molecule has 1 atom stereocenters. The van der Waals surface area contributed by atoms with Crippen molar-refractivity contribution in [3.8, 4) is 0 Å². The van der Waals surface area contributed by atoms with Gasteiger partial charge in [-0.05, 0) is 74.4 Å². The summed E-state index contributed by atoms with van der Waals surface area (Å²) in [5.41, 5.74) is 8.47. The van der Waals surface area contributed by atoms with Gasteiger partial charge in [-0.2, -0.15) is 0 Å². The fraction of sp³-hybridized carbons (Fsp3) is 0.700. The molecule has 1 unspecified atom stereocenters. The lowest BCUT2D eigenvalue weighted by molar-refractivity contribution is 0.583. The molecule has 21 heavy (non-hydrogen) atoms. The van der Waals surface area contributed by atoms with Gasteiger partial charge in [-0.1, -0.05) is 45.4 Å². The summed E-state index contributed by atoms with van der Waals surface area (Å²) < 4.78 is 0. The molecule has 1 rings (SSSR count). The van der Waals surface area contributed by atoms with Crippen molar-refractivity contribution >= 4 is 11.6 Å². The molecule has 0 aliphatic rings. The molecule has 1 aromatic carbocycles. The van der Waals surface area contributed by atoms with Gasteiger partial charge in [0.2, 0.25) is 0 Å². The van der Waals surface area contributed by atoms with Crippen LogP contribution in [0.5, 0.6) is 0 Å². The summed E-state index contributed by atoms with van der Waals surface area (Å²) in [7, 11) is 0. The zero-order valence-electron chi connectivity index (χ0n) is 14.9. The Kier molecular flexibility index (Phi) is 7.81. The number of hydrogen-bond donors (Lipinski definition) is 0. The van der Waals surface area contributed by atoms with Crippen LogP contribution in [-0.4, -0.2) is 0 Å². The smallest absolute Gasteiger partial charge is 0.0590 e. The topological polar surface area (TPSA) is 0 Å². The maximum atomic E-state index is 6.75. The summed E-state index contributed by atoms with van der Waals surface area (Å²) in [4.78, 5) is 0. The van der Waals surface area contributed by atoms with Crippen molar-refractivity contribution in [1.82, 2.24) is 0 Å². The summed E-state index contributed by atoms with van der Waals surface area (Å²) in [6.07, 6.45) is 9.12. The van der Waals surface area contributed by atoms with E-state index in [4.69, 9.17) is 11.6 Å². The van der Waals surface area contributed by atoms with Gasteiger partial charge in [-0.25, -0.2) is 0 Å². The van der Waals surface area contributed by atoms with Gasteiger partial charge >= 0.3 is 0 Å². The van der Waals surface area contributed by atoms with Gasteiger partial charge in [-0.3, -0.25) is 0 Å². The van der Waals surface area contributed by atoms with Crippen molar-refractivity contribution in [2.45, 2.75) is 91.9 Å². The van der Waals surface area contributed by atoms with Gasteiger partial charge in [0.1, 0.15) is 0 Å². The number of benzene rings is 1. The van der Waals surface area contributed by atoms with Gasteiger partial charge in [0.05, 0.1) is 5.38 Å². The molecule has 1 heteroatoms. The molecule has 0 N–H and O–H groups in total. The zero-order valence-corrected chi connectivity index (χ0v) is 15.7. The van der Waals surface area contributed by atoms with E-state index in [9.17, 15) is 0 Å². The Morgan fingerprint density at radius 3 is 1.62 bits per heavy atom. The SMILES string of the molecule is CCCCCCCCC(Cl)c1c(C)c(C)c(C)c(C)c1C. The van der Waals surface area contributed by atoms with E-state index < -0.39 is 0 Å². The number of rotatable bonds is 8. The number of hydrogen-bond acceptors (Lipinski definition) is 0. The molecule has 0 heterocycles. The summed E-state index contributed by atoms with van der Waals surface area (Å²) in [6.45, 7) is 13.4. The molecule has 0 amide bonds. The van der Waals surface area contributed by atoms with Crippen molar-refractivity contribution in [2.24, 2.45) is 0 Å². The maximum Gasteiger partial charge on any atom is 0.0590 e. The van der Waals surface area contributed by atoms with Crippen molar-refractivity contribution in [2.75, 3.05) is 0 Å². The number of alkyl halides is 1. The van der Waals surface area contributed by atoms with Crippen molar-refractivity contribution in [3.63, 3.8) is 0 Å². The first-order valence-corrected chi connectivity index (χ1v) is 9.06. The Morgan fingerprint density at radius 1 is 0.667 bits per heavy atom. The molecule has 0 aliphatic carbocycles. The van der Waals surface area contributed by atoms with Crippen LogP contribution in [-0.2, 0) is 0 Å². The normalized spacial score (nSPS) is 12.7.